The van der Waals surface area contributed by atoms with Crippen LogP contribution in [0.15, 0.2) is 66.9 Å². The molecule has 0 radical (unpaired) electrons. The Morgan fingerprint density at radius 3 is 2.46 bits per heavy atom. The predicted molar refractivity (Wildman–Crippen MR) is 140 cm³/mol. The van der Waals surface area contributed by atoms with Crippen LogP contribution in [0, 0.1) is 0 Å². The fourth-order valence-electron chi connectivity index (χ4n) is 4.78. The van der Waals surface area contributed by atoms with E-state index in [0.717, 1.165) is 11.3 Å². The van der Waals surface area contributed by atoms with Crippen molar-refractivity contribution in [1.82, 2.24) is 9.88 Å². The second kappa shape index (κ2) is 10.7. The van der Waals surface area contributed by atoms with Crippen molar-refractivity contribution in [2.45, 2.75) is 12.1 Å². The van der Waals surface area contributed by atoms with Crippen LogP contribution in [0.5, 0.6) is 11.6 Å². The van der Waals surface area contributed by atoms with E-state index in [1.807, 2.05) is 35.2 Å². The smallest absolute Gasteiger partial charge is 0.415 e. The lowest BCUT2D eigenvalue weighted by Crippen LogP contribution is -2.52. The molecule has 2 saturated heterocycles. The van der Waals surface area contributed by atoms with Crippen LogP contribution in [0.25, 0.3) is 0 Å². The number of piperazine rings is 1. The monoisotopic (exact) mass is 522 g/mol. The number of pyridine rings is 1. The molecule has 2 aromatic carbocycles. The third kappa shape index (κ3) is 5.19. The minimum absolute atomic E-state index is 0.0463. The number of hydrogen-bond acceptors (Lipinski definition) is 7. The van der Waals surface area contributed by atoms with Gasteiger partial charge in [-0.1, -0.05) is 23.7 Å². The van der Waals surface area contributed by atoms with Crippen LogP contribution in [-0.4, -0.2) is 68.4 Å². The zero-order valence-corrected chi connectivity index (χ0v) is 21.3. The molecule has 37 heavy (non-hydrogen) atoms. The van der Waals surface area contributed by atoms with E-state index in [-0.39, 0.29) is 12.5 Å². The average Bonchev–Trinajstić information content (AvgIpc) is 3.24. The van der Waals surface area contributed by atoms with Gasteiger partial charge in [0.2, 0.25) is 11.8 Å². The molecule has 0 spiro atoms. The number of methoxy groups -OCH3 is 2. The van der Waals surface area contributed by atoms with Crippen molar-refractivity contribution in [2.75, 3.05) is 50.2 Å². The summed E-state index contributed by atoms with van der Waals surface area (Å²) in [5, 5.41) is 0.578. The first-order chi connectivity index (χ1) is 18.0. The van der Waals surface area contributed by atoms with Gasteiger partial charge in [0.25, 0.3) is 0 Å². The van der Waals surface area contributed by atoms with Crippen LogP contribution in [0.1, 0.15) is 11.6 Å². The van der Waals surface area contributed by atoms with Crippen molar-refractivity contribution in [3.8, 4) is 11.6 Å². The van der Waals surface area contributed by atoms with E-state index in [0.29, 0.717) is 42.0 Å². The normalized spacial score (nSPS) is 20.2. The Bertz CT molecular complexity index is 1270. The van der Waals surface area contributed by atoms with Crippen LogP contribution >= 0.6 is 11.6 Å². The highest BCUT2D eigenvalue weighted by Crippen LogP contribution is 2.39. The number of cyclic esters (lactones) is 1. The first-order valence-corrected chi connectivity index (χ1v) is 12.3. The van der Waals surface area contributed by atoms with Crippen LogP contribution in [0.3, 0.4) is 0 Å². The van der Waals surface area contributed by atoms with Crippen LogP contribution in [-0.2, 0) is 9.53 Å². The lowest BCUT2D eigenvalue weighted by Gasteiger charge is -2.36. The lowest BCUT2D eigenvalue weighted by atomic mass is 9.99. The summed E-state index contributed by atoms with van der Waals surface area (Å²) in [7, 11) is 3.15. The first kappa shape index (κ1) is 24.9. The molecule has 192 valence electrons. The van der Waals surface area contributed by atoms with E-state index in [2.05, 4.69) is 4.98 Å². The van der Waals surface area contributed by atoms with E-state index < -0.39 is 18.2 Å². The van der Waals surface area contributed by atoms with Crippen molar-refractivity contribution < 1.29 is 23.8 Å². The van der Waals surface area contributed by atoms with E-state index in [9.17, 15) is 9.59 Å². The van der Waals surface area contributed by atoms with Crippen molar-refractivity contribution in [1.29, 1.82) is 0 Å². The Morgan fingerprint density at radius 2 is 1.78 bits per heavy atom. The summed E-state index contributed by atoms with van der Waals surface area (Å²) in [6.45, 7) is 1.72. The number of carbonyl (C=O) groups excluding carboxylic acids is 2. The number of rotatable bonds is 7. The maximum atomic E-state index is 13.1. The van der Waals surface area contributed by atoms with Gasteiger partial charge in [0.1, 0.15) is 17.9 Å². The Hall–Kier alpha value is -3.82. The molecule has 2 fully saturated rings. The molecule has 10 heteroatoms. The molecular formula is C27H27ClN4O5. The van der Waals surface area contributed by atoms with Crippen molar-refractivity contribution >= 4 is 35.0 Å². The summed E-state index contributed by atoms with van der Waals surface area (Å²) in [5.74, 6) is 1.13. The summed E-state index contributed by atoms with van der Waals surface area (Å²) in [4.78, 5) is 35.7. The number of ether oxygens (including phenoxy) is 3. The fourth-order valence-corrected chi connectivity index (χ4v) is 4.91. The predicted octanol–water partition coefficient (Wildman–Crippen LogP) is 4.17. The first-order valence-electron chi connectivity index (χ1n) is 11.9. The Morgan fingerprint density at radius 1 is 1.00 bits per heavy atom. The van der Waals surface area contributed by atoms with Crippen LogP contribution in [0.2, 0.25) is 5.02 Å². The topological polar surface area (TPSA) is 84.4 Å². The summed E-state index contributed by atoms with van der Waals surface area (Å²) in [5.41, 5.74) is 2.28. The molecular weight excluding hydrogens is 496 g/mol. The maximum absolute atomic E-state index is 13.1. The summed E-state index contributed by atoms with van der Waals surface area (Å²) < 4.78 is 16.4. The van der Waals surface area contributed by atoms with Gasteiger partial charge < -0.3 is 19.1 Å². The maximum Gasteiger partial charge on any atom is 0.415 e. The number of anilines is 2. The van der Waals surface area contributed by atoms with E-state index >= 15 is 0 Å². The number of aromatic nitrogens is 1. The SMILES string of the molecule is COc1cccc([C@H]2[C@H](CN3CCN(c4ccc(OC)nc4)C(=O)C3)OC(=O)N2c2ccc(Cl)cc2)c1. The minimum Gasteiger partial charge on any atom is -0.497 e. The number of nitrogens with zero attached hydrogens (tertiary/aromatic N) is 4. The third-order valence-corrected chi connectivity index (χ3v) is 6.85. The van der Waals surface area contributed by atoms with Crippen molar-refractivity contribution in [3.63, 3.8) is 0 Å². The standard InChI is InChI=1S/C27H27ClN4O5/c1-35-22-5-3-4-18(14-22)26-23(37-27(34)32(26)20-8-6-19(28)7-9-20)16-30-12-13-31(25(33)17-30)21-10-11-24(36-2)29-15-21/h3-11,14-15,23,26H,12-13,16-17H2,1-2H3/t23-,26-/m0/s1. The summed E-state index contributed by atoms with van der Waals surface area (Å²) in [6.07, 6.45) is 0.681. The van der Waals surface area contributed by atoms with Gasteiger partial charge in [0.05, 0.1) is 32.6 Å². The molecule has 0 bridgehead atoms. The molecule has 5 rings (SSSR count). The van der Waals surface area contributed by atoms with Gasteiger partial charge in [-0.2, -0.15) is 0 Å². The van der Waals surface area contributed by atoms with Crippen LogP contribution < -0.4 is 19.3 Å². The fraction of sp³-hybridized carbons (Fsp3) is 0.296. The molecule has 1 aromatic heterocycles. The number of benzene rings is 2. The quantitative estimate of drug-likeness (QED) is 0.460. The van der Waals surface area contributed by atoms with Gasteiger partial charge >= 0.3 is 6.09 Å². The van der Waals surface area contributed by atoms with Gasteiger partial charge in [-0.25, -0.2) is 9.78 Å². The highest BCUT2D eigenvalue weighted by atomic mass is 35.5. The molecule has 0 aliphatic carbocycles. The molecule has 2 atom stereocenters. The van der Waals surface area contributed by atoms with Crippen LogP contribution in [0.4, 0.5) is 16.2 Å². The molecule has 3 heterocycles. The molecule has 2 aliphatic rings. The van der Waals surface area contributed by atoms with E-state index in [1.54, 1.807) is 60.5 Å². The molecule has 9 nitrogen and oxygen atoms in total. The Kier molecular flexibility index (Phi) is 7.16. The minimum atomic E-state index is -0.503. The number of halogens is 1. The highest BCUT2D eigenvalue weighted by molar-refractivity contribution is 6.30. The number of carbonyl (C=O) groups is 2. The molecule has 0 N–H and O–H groups in total. The van der Waals surface area contributed by atoms with Gasteiger partial charge in [-0.15, -0.1) is 0 Å². The summed E-state index contributed by atoms with van der Waals surface area (Å²) in [6, 6.07) is 17.8. The Balaban J connectivity index is 1.37. The number of amides is 2. The van der Waals surface area contributed by atoms with Crippen molar-refractivity contribution in [3.05, 3.63) is 77.4 Å². The molecule has 2 amide bonds. The Labute approximate surface area is 220 Å². The van der Waals surface area contributed by atoms with Gasteiger partial charge in [0, 0.05) is 36.4 Å². The molecule has 3 aromatic rings. The second-order valence-corrected chi connectivity index (χ2v) is 9.27. The molecule has 2 aliphatic heterocycles. The zero-order valence-electron chi connectivity index (χ0n) is 20.5. The van der Waals surface area contributed by atoms with E-state index in [4.69, 9.17) is 25.8 Å². The number of hydrogen-bond donors (Lipinski definition) is 0. The highest BCUT2D eigenvalue weighted by Gasteiger charge is 2.45. The van der Waals surface area contributed by atoms with Gasteiger partial charge in [-0.3, -0.25) is 14.6 Å². The van der Waals surface area contributed by atoms with Gasteiger partial charge in [0.15, 0.2) is 0 Å². The lowest BCUT2D eigenvalue weighted by molar-refractivity contribution is -0.121. The summed E-state index contributed by atoms with van der Waals surface area (Å²) >= 11 is 6.09. The largest absolute Gasteiger partial charge is 0.497 e. The molecule has 0 saturated carbocycles. The third-order valence-electron chi connectivity index (χ3n) is 6.60. The molecule has 0 unspecified atom stereocenters. The zero-order chi connectivity index (χ0) is 25.9. The average molecular weight is 523 g/mol. The van der Waals surface area contributed by atoms with E-state index in [1.165, 1.54) is 0 Å². The van der Waals surface area contributed by atoms with Crippen molar-refractivity contribution in [2.24, 2.45) is 0 Å². The second-order valence-electron chi connectivity index (χ2n) is 8.83. The van der Waals surface area contributed by atoms with Gasteiger partial charge in [-0.05, 0) is 48.0 Å².